The van der Waals surface area contributed by atoms with Crippen molar-refractivity contribution in [2.45, 2.75) is 6.92 Å². The van der Waals surface area contributed by atoms with E-state index in [-0.39, 0.29) is 59.1 Å². The fourth-order valence-corrected chi connectivity index (χ4v) is 0.136. The molecule has 0 amide bonds. The Hall–Kier alpha value is 0.420. The molecule has 0 aliphatic heterocycles. The average molecular weight is 204 g/mol. The Labute approximate surface area is 122 Å². The van der Waals surface area contributed by atoms with Crippen LogP contribution in [0, 0.1) is 0 Å². The summed E-state index contributed by atoms with van der Waals surface area (Å²) in [5.41, 5.74) is 0. The number of allylic oxidation sites excluding steroid dienone is 3. The summed E-state index contributed by atoms with van der Waals surface area (Å²) in [5.74, 6) is 0. The standard InChI is InChI=1S/C5H8.2CH2O2.2Na/c1-3-5-4-2;2*2-1-3;;/h3-5H,1H2,2H3;2*1H,(H,2,3);;/q;;;2*+1/p-2. The SMILES string of the molecule is C=CC=CC.O=C[O-].O=C[O-].[Na+].[Na+]. The molecule has 0 radical (unpaired) electrons. The van der Waals surface area contributed by atoms with Gasteiger partial charge in [0.2, 0.25) is 0 Å². The molecular formula is C7H10Na2O4. The van der Waals surface area contributed by atoms with E-state index in [0.717, 1.165) is 0 Å². The first-order chi connectivity index (χ1) is 5.24. The second kappa shape index (κ2) is 55.1. The molecule has 0 aromatic heterocycles. The zero-order valence-electron chi connectivity index (χ0n) is 8.23. The molecule has 4 nitrogen and oxygen atoms in total. The van der Waals surface area contributed by atoms with Crippen LogP contribution >= 0.6 is 0 Å². The molecule has 64 valence electrons. The van der Waals surface area contributed by atoms with Crippen molar-refractivity contribution < 1.29 is 78.9 Å². The molecule has 0 saturated heterocycles. The smallest absolute Gasteiger partial charge is 0.554 e. The normalized spacial score (nSPS) is 5.31. The van der Waals surface area contributed by atoms with Crippen molar-refractivity contribution in [3.8, 4) is 0 Å². The first-order valence-electron chi connectivity index (χ1n) is 2.60. The van der Waals surface area contributed by atoms with Crippen molar-refractivity contribution in [3.05, 3.63) is 24.8 Å². The first kappa shape index (κ1) is 29.2. The second-order valence-electron chi connectivity index (χ2n) is 0.954. The average Bonchev–Trinajstić information content (AvgIpc) is 1.92. The van der Waals surface area contributed by atoms with E-state index in [1.54, 1.807) is 6.08 Å². The van der Waals surface area contributed by atoms with E-state index in [1.807, 2.05) is 19.1 Å². The third kappa shape index (κ3) is 230. The fourth-order valence-electron chi connectivity index (χ4n) is 0.136. The van der Waals surface area contributed by atoms with Crippen molar-refractivity contribution in [2.75, 3.05) is 0 Å². The zero-order valence-corrected chi connectivity index (χ0v) is 12.2. The number of carbonyl (C=O) groups excluding carboxylic acids is 2. The Balaban J connectivity index is -0.0000000240. The third-order valence-corrected chi connectivity index (χ3v) is 0.329. The summed E-state index contributed by atoms with van der Waals surface area (Å²) in [5, 5.41) is 16.5. The van der Waals surface area contributed by atoms with Gasteiger partial charge in [0.25, 0.3) is 0 Å². The van der Waals surface area contributed by atoms with E-state index < -0.39 is 12.9 Å². The molecule has 0 aliphatic rings. The number of hydrogen-bond acceptors (Lipinski definition) is 4. The van der Waals surface area contributed by atoms with Gasteiger partial charge in [-0.3, -0.25) is 0 Å². The number of rotatable bonds is 1. The zero-order chi connectivity index (χ0) is 9.54. The quantitative estimate of drug-likeness (QED) is 0.241. The molecule has 0 atom stereocenters. The summed E-state index contributed by atoms with van der Waals surface area (Å²) in [6, 6.07) is 0. The molecule has 0 aromatic rings. The van der Waals surface area contributed by atoms with Gasteiger partial charge in [-0.15, -0.1) is 0 Å². The summed E-state index contributed by atoms with van der Waals surface area (Å²) in [7, 11) is 0. The van der Waals surface area contributed by atoms with Crippen LogP contribution in [-0.2, 0) is 9.59 Å². The molecule has 0 bridgehead atoms. The molecule has 0 unspecified atom stereocenters. The van der Waals surface area contributed by atoms with Crippen molar-refractivity contribution in [1.82, 2.24) is 0 Å². The topological polar surface area (TPSA) is 80.3 Å². The van der Waals surface area contributed by atoms with Gasteiger partial charge in [0.05, 0.1) is 0 Å². The minimum Gasteiger partial charge on any atom is -0.554 e. The molecule has 6 heteroatoms. The van der Waals surface area contributed by atoms with Crippen LogP contribution in [0.3, 0.4) is 0 Å². The van der Waals surface area contributed by atoms with Crippen molar-refractivity contribution in [2.24, 2.45) is 0 Å². The monoisotopic (exact) mass is 204 g/mol. The minimum absolute atomic E-state index is 0. The van der Waals surface area contributed by atoms with Crippen molar-refractivity contribution in [3.63, 3.8) is 0 Å². The Morgan fingerprint density at radius 3 is 1.31 bits per heavy atom. The summed E-state index contributed by atoms with van der Waals surface area (Å²) in [4.78, 5) is 16.5. The molecule has 0 fully saturated rings. The van der Waals surface area contributed by atoms with Crippen LogP contribution in [0.4, 0.5) is 0 Å². The van der Waals surface area contributed by atoms with Crippen LogP contribution in [0.15, 0.2) is 24.8 Å². The third-order valence-electron chi connectivity index (χ3n) is 0.329. The predicted octanol–water partition coefficient (Wildman–Crippen LogP) is -7.51. The van der Waals surface area contributed by atoms with Gasteiger partial charge >= 0.3 is 59.1 Å². The van der Waals surface area contributed by atoms with E-state index in [4.69, 9.17) is 19.8 Å². The maximum Gasteiger partial charge on any atom is 1.00 e. The molecule has 0 saturated carbocycles. The molecule has 0 N–H and O–H groups in total. The molecular weight excluding hydrogens is 194 g/mol. The van der Waals surface area contributed by atoms with Gasteiger partial charge in [0.15, 0.2) is 0 Å². The van der Waals surface area contributed by atoms with E-state index >= 15 is 0 Å². The Kier molecular flexibility index (Phi) is 124. The van der Waals surface area contributed by atoms with Gasteiger partial charge in [0.1, 0.15) is 0 Å². The van der Waals surface area contributed by atoms with Crippen LogP contribution in [0.5, 0.6) is 0 Å². The number of hydrogen-bond donors (Lipinski definition) is 0. The van der Waals surface area contributed by atoms with Crippen LogP contribution in [0.1, 0.15) is 6.92 Å². The molecule has 0 spiro atoms. The van der Waals surface area contributed by atoms with Crippen molar-refractivity contribution >= 4 is 12.9 Å². The number of carbonyl (C=O) groups is 2. The Morgan fingerprint density at radius 1 is 1.08 bits per heavy atom. The van der Waals surface area contributed by atoms with Gasteiger partial charge in [-0.25, -0.2) is 0 Å². The van der Waals surface area contributed by atoms with Gasteiger partial charge < -0.3 is 19.8 Å². The van der Waals surface area contributed by atoms with Gasteiger partial charge in [0, 0.05) is 12.9 Å². The molecule has 13 heavy (non-hydrogen) atoms. The summed E-state index contributed by atoms with van der Waals surface area (Å²) < 4.78 is 0. The Bertz CT molecular complexity index is 109. The minimum atomic E-state index is -0.500. The Morgan fingerprint density at radius 2 is 1.31 bits per heavy atom. The molecule has 0 aliphatic carbocycles. The summed E-state index contributed by atoms with van der Waals surface area (Å²) in [6.45, 7) is 4.42. The van der Waals surface area contributed by atoms with E-state index in [2.05, 4.69) is 6.58 Å². The first-order valence-corrected chi connectivity index (χ1v) is 2.60. The van der Waals surface area contributed by atoms with E-state index in [9.17, 15) is 0 Å². The van der Waals surface area contributed by atoms with Crippen LogP contribution in [-0.4, -0.2) is 12.9 Å². The summed E-state index contributed by atoms with van der Waals surface area (Å²) in [6.07, 6.45) is 5.58. The van der Waals surface area contributed by atoms with E-state index in [0.29, 0.717) is 0 Å². The predicted molar refractivity (Wildman–Crippen MR) is 37.1 cm³/mol. The fraction of sp³-hybridized carbons (Fsp3) is 0.143. The van der Waals surface area contributed by atoms with Gasteiger partial charge in [-0.2, -0.15) is 0 Å². The largest absolute Gasteiger partial charge is 1.00 e. The van der Waals surface area contributed by atoms with Crippen molar-refractivity contribution in [1.29, 1.82) is 0 Å². The molecule has 0 aromatic carbocycles. The van der Waals surface area contributed by atoms with Gasteiger partial charge in [-0.05, 0) is 6.92 Å². The molecule has 0 heterocycles. The maximum absolute atomic E-state index is 8.25. The molecule has 0 rings (SSSR count). The second-order valence-corrected chi connectivity index (χ2v) is 0.954. The van der Waals surface area contributed by atoms with Crippen LogP contribution in [0.2, 0.25) is 0 Å². The number of carboxylic acid groups (broad SMARTS) is 2. The summed E-state index contributed by atoms with van der Waals surface area (Å²) >= 11 is 0. The van der Waals surface area contributed by atoms with Gasteiger partial charge in [-0.1, -0.05) is 24.8 Å². The van der Waals surface area contributed by atoms with E-state index in [1.165, 1.54) is 0 Å². The van der Waals surface area contributed by atoms with Crippen LogP contribution < -0.4 is 69.3 Å². The maximum atomic E-state index is 8.25. The van der Waals surface area contributed by atoms with Crippen LogP contribution in [0.25, 0.3) is 0 Å².